The van der Waals surface area contributed by atoms with E-state index in [9.17, 15) is 9.59 Å². The Morgan fingerprint density at radius 2 is 1.62 bits per heavy atom. The Hall–Kier alpha value is -2.68. The first-order valence-electron chi connectivity index (χ1n) is 10.3. The quantitative estimate of drug-likeness (QED) is 0.274. The Kier molecular flexibility index (Phi) is 5.79. The first-order chi connectivity index (χ1) is 13.7. The van der Waals surface area contributed by atoms with E-state index in [4.69, 9.17) is 4.74 Å². The van der Waals surface area contributed by atoms with Gasteiger partial charge in [0.15, 0.2) is 6.29 Å². The zero-order valence-corrected chi connectivity index (χ0v) is 18.0. The third-order valence-corrected chi connectivity index (χ3v) is 6.03. The Balaban J connectivity index is 2.02. The van der Waals surface area contributed by atoms with Crippen LogP contribution in [-0.4, -0.2) is 18.9 Å². The summed E-state index contributed by atoms with van der Waals surface area (Å²) in [5, 5.41) is 0. The minimum absolute atomic E-state index is 0.111. The lowest BCUT2D eigenvalue weighted by Crippen LogP contribution is -2.33. The number of carbonyl (C=O) groups is 2. The molecular formula is C26H30O3. The van der Waals surface area contributed by atoms with Crippen LogP contribution in [0.3, 0.4) is 0 Å². The van der Waals surface area contributed by atoms with Gasteiger partial charge in [0, 0.05) is 5.57 Å². The molecule has 152 valence electrons. The van der Waals surface area contributed by atoms with Crippen LogP contribution in [0.4, 0.5) is 0 Å². The van der Waals surface area contributed by atoms with Crippen LogP contribution in [0.1, 0.15) is 80.1 Å². The number of rotatable bonds is 5. The van der Waals surface area contributed by atoms with Crippen molar-refractivity contribution in [2.45, 2.75) is 58.3 Å². The molecule has 3 nitrogen and oxygen atoms in total. The van der Waals surface area contributed by atoms with Gasteiger partial charge >= 0.3 is 5.97 Å². The fraction of sp³-hybridized carbons (Fsp3) is 0.385. The molecule has 29 heavy (non-hydrogen) atoms. The molecular weight excluding hydrogens is 360 g/mol. The lowest BCUT2D eigenvalue weighted by atomic mass is 9.63. The lowest BCUT2D eigenvalue weighted by Gasteiger charge is -2.42. The summed E-state index contributed by atoms with van der Waals surface area (Å²) in [5.41, 5.74) is 5.72. The summed E-state index contributed by atoms with van der Waals surface area (Å²) in [6.45, 7) is 11.3. The lowest BCUT2D eigenvalue weighted by molar-refractivity contribution is -0.103. The summed E-state index contributed by atoms with van der Waals surface area (Å²) < 4.78 is 5.07. The number of benzene rings is 2. The van der Waals surface area contributed by atoms with Gasteiger partial charge in [-0.15, -0.1) is 0 Å². The highest BCUT2D eigenvalue weighted by Gasteiger charge is 2.36. The molecule has 1 aliphatic carbocycles. The molecule has 0 radical (unpaired) electrons. The van der Waals surface area contributed by atoms with Gasteiger partial charge in [0.05, 0.1) is 12.2 Å². The smallest absolute Gasteiger partial charge is 0.338 e. The number of fused-ring (bicyclic) bond motifs is 1. The van der Waals surface area contributed by atoms with Gasteiger partial charge in [-0.3, -0.25) is 4.79 Å². The van der Waals surface area contributed by atoms with Crippen LogP contribution in [0, 0.1) is 0 Å². The van der Waals surface area contributed by atoms with Gasteiger partial charge in [0.2, 0.25) is 0 Å². The van der Waals surface area contributed by atoms with Crippen LogP contribution in [0.2, 0.25) is 0 Å². The molecule has 0 atom stereocenters. The van der Waals surface area contributed by atoms with E-state index in [2.05, 4.69) is 45.9 Å². The maximum Gasteiger partial charge on any atom is 0.338 e. The molecule has 2 aromatic carbocycles. The first kappa shape index (κ1) is 21.0. The van der Waals surface area contributed by atoms with Crippen molar-refractivity contribution < 1.29 is 14.3 Å². The molecule has 0 N–H and O–H groups in total. The predicted molar refractivity (Wildman–Crippen MR) is 118 cm³/mol. The van der Waals surface area contributed by atoms with Crippen LogP contribution < -0.4 is 0 Å². The van der Waals surface area contributed by atoms with Gasteiger partial charge in [-0.2, -0.15) is 0 Å². The molecule has 2 aromatic rings. The van der Waals surface area contributed by atoms with E-state index in [0.717, 1.165) is 18.3 Å². The van der Waals surface area contributed by atoms with Gasteiger partial charge in [-0.25, -0.2) is 4.79 Å². The van der Waals surface area contributed by atoms with Crippen LogP contribution in [0.5, 0.6) is 0 Å². The predicted octanol–water partition coefficient (Wildman–Crippen LogP) is 5.95. The maximum absolute atomic E-state index is 12.0. The zero-order chi connectivity index (χ0) is 21.2. The standard InChI is InChI=1S/C26H30O3/c1-6-29-24(28)20-9-7-8-19(16-20)21(17-27)14-18-10-11-22-23(15-18)26(4,5)13-12-25(22,2)3/h7-11,14-17H,6,12-13H2,1-5H3. The molecule has 0 bridgehead atoms. The third-order valence-electron chi connectivity index (χ3n) is 6.03. The molecule has 3 rings (SSSR count). The zero-order valence-electron chi connectivity index (χ0n) is 18.0. The normalized spacial score (nSPS) is 17.3. The van der Waals surface area contributed by atoms with E-state index >= 15 is 0 Å². The van der Waals surface area contributed by atoms with Crippen molar-refractivity contribution in [3.05, 3.63) is 70.3 Å². The van der Waals surface area contributed by atoms with E-state index in [1.54, 1.807) is 25.1 Å². The average molecular weight is 391 g/mol. The third kappa shape index (κ3) is 4.34. The Morgan fingerprint density at radius 3 is 2.28 bits per heavy atom. The second-order valence-corrected chi connectivity index (χ2v) is 9.09. The summed E-state index contributed by atoms with van der Waals surface area (Å²) in [6.07, 6.45) is 5.05. The summed E-state index contributed by atoms with van der Waals surface area (Å²) in [4.78, 5) is 23.9. The largest absolute Gasteiger partial charge is 0.462 e. The first-order valence-corrected chi connectivity index (χ1v) is 10.3. The van der Waals surface area contributed by atoms with E-state index in [1.807, 2.05) is 12.1 Å². The highest BCUT2D eigenvalue weighted by Crippen LogP contribution is 2.46. The number of hydrogen-bond donors (Lipinski definition) is 0. The maximum atomic E-state index is 12.0. The summed E-state index contributed by atoms with van der Waals surface area (Å²) in [6, 6.07) is 13.5. The van der Waals surface area contributed by atoms with Crippen LogP contribution in [0.15, 0.2) is 42.5 Å². The number of hydrogen-bond acceptors (Lipinski definition) is 3. The Bertz CT molecular complexity index is 964. The van der Waals surface area contributed by atoms with E-state index < -0.39 is 0 Å². The molecule has 0 aliphatic heterocycles. The highest BCUT2D eigenvalue weighted by molar-refractivity contribution is 6.13. The van der Waals surface area contributed by atoms with Crippen molar-refractivity contribution in [2.75, 3.05) is 6.61 Å². The number of esters is 1. The SMILES string of the molecule is CCOC(=O)c1cccc(C(C=O)=Cc2ccc3c(c2)C(C)(C)CCC3(C)C)c1. The van der Waals surface area contributed by atoms with Gasteiger partial charge in [-0.05, 0) is 71.1 Å². The fourth-order valence-corrected chi connectivity index (χ4v) is 4.10. The Labute approximate surface area is 173 Å². The van der Waals surface area contributed by atoms with Crippen molar-refractivity contribution >= 4 is 23.9 Å². The summed E-state index contributed by atoms with van der Waals surface area (Å²) >= 11 is 0. The molecule has 1 aliphatic rings. The van der Waals surface area contributed by atoms with E-state index in [1.165, 1.54) is 17.5 Å². The van der Waals surface area contributed by atoms with Gasteiger partial charge in [0.1, 0.15) is 0 Å². The second kappa shape index (κ2) is 7.98. The fourth-order valence-electron chi connectivity index (χ4n) is 4.10. The number of ether oxygens (including phenoxy) is 1. The molecule has 0 fully saturated rings. The number of aldehydes is 1. The van der Waals surface area contributed by atoms with Gasteiger partial charge < -0.3 is 4.74 Å². The van der Waals surface area contributed by atoms with Gasteiger partial charge in [0.25, 0.3) is 0 Å². The van der Waals surface area contributed by atoms with Crippen molar-refractivity contribution in [1.29, 1.82) is 0 Å². The molecule has 0 unspecified atom stereocenters. The monoisotopic (exact) mass is 390 g/mol. The number of allylic oxidation sites excluding steroid dienone is 1. The molecule has 0 spiro atoms. The minimum atomic E-state index is -0.377. The van der Waals surface area contributed by atoms with Crippen molar-refractivity contribution in [2.24, 2.45) is 0 Å². The average Bonchev–Trinajstić information content (AvgIpc) is 2.70. The Morgan fingerprint density at radius 1 is 0.966 bits per heavy atom. The summed E-state index contributed by atoms with van der Waals surface area (Å²) in [7, 11) is 0. The van der Waals surface area contributed by atoms with Crippen molar-refractivity contribution in [3.8, 4) is 0 Å². The molecule has 3 heteroatoms. The minimum Gasteiger partial charge on any atom is -0.462 e. The van der Waals surface area contributed by atoms with Crippen LogP contribution in [-0.2, 0) is 20.4 Å². The van der Waals surface area contributed by atoms with E-state index in [0.29, 0.717) is 23.3 Å². The second-order valence-electron chi connectivity index (χ2n) is 9.09. The van der Waals surface area contributed by atoms with Crippen molar-refractivity contribution in [1.82, 2.24) is 0 Å². The molecule has 0 aromatic heterocycles. The topological polar surface area (TPSA) is 43.4 Å². The van der Waals surface area contributed by atoms with Crippen molar-refractivity contribution in [3.63, 3.8) is 0 Å². The van der Waals surface area contributed by atoms with Crippen LogP contribution >= 0.6 is 0 Å². The number of carbonyl (C=O) groups excluding carboxylic acids is 2. The van der Waals surface area contributed by atoms with Gasteiger partial charge in [-0.1, -0.05) is 58.0 Å². The highest BCUT2D eigenvalue weighted by atomic mass is 16.5. The molecule has 0 saturated carbocycles. The van der Waals surface area contributed by atoms with E-state index in [-0.39, 0.29) is 16.8 Å². The summed E-state index contributed by atoms with van der Waals surface area (Å²) in [5.74, 6) is -0.377. The van der Waals surface area contributed by atoms with Crippen LogP contribution in [0.25, 0.3) is 11.6 Å². The molecule has 0 heterocycles. The molecule has 0 saturated heterocycles. The molecule has 0 amide bonds.